The van der Waals surface area contributed by atoms with Gasteiger partial charge in [-0.3, -0.25) is 14.5 Å². The number of nitrogen functional groups attached to an aromatic ring is 1. The lowest BCUT2D eigenvalue weighted by atomic mass is 10.1. The molecule has 6 rings (SSSR count). The zero-order valence-electron chi connectivity index (χ0n) is 21.8. The molecule has 0 spiro atoms. The van der Waals surface area contributed by atoms with Crippen molar-refractivity contribution in [2.45, 2.75) is 25.5 Å². The summed E-state index contributed by atoms with van der Waals surface area (Å²) >= 11 is 0. The molecule has 1 aromatic carbocycles. The molecule has 39 heavy (non-hydrogen) atoms. The van der Waals surface area contributed by atoms with Crippen LogP contribution in [0.5, 0.6) is 5.88 Å². The molecule has 0 radical (unpaired) electrons. The summed E-state index contributed by atoms with van der Waals surface area (Å²) < 4.78 is 8.17. The molecule has 1 fully saturated rings. The number of likely N-dealkylation sites (tertiary alicyclic amines) is 1. The van der Waals surface area contributed by atoms with Crippen molar-refractivity contribution in [2.24, 2.45) is 4.99 Å². The van der Waals surface area contributed by atoms with Crippen LogP contribution < -0.4 is 10.5 Å². The highest BCUT2D eigenvalue weighted by Crippen LogP contribution is 2.30. The van der Waals surface area contributed by atoms with Gasteiger partial charge in [-0.15, -0.1) is 0 Å². The Kier molecular flexibility index (Phi) is 6.97. The van der Waals surface area contributed by atoms with E-state index in [2.05, 4.69) is 49.1 Å². The lowest BCUT2D eigenvalue weighted by Crippen LogP contribution is -2.37. The highest BCUT2D eigenvalue weighted by molar-refractivity contribution is 5.82. The monoisotopic (exact) mass is 518 g/mol. The zero-order valence-corrected chi connectivity index (χ0v) is 21.8. The van der Waals surface area contributed by atoms with Crippen molar-refractivity contribution in [1.29, 1.82) is 0 Å². The minimum Gasteiger partial charge on any atom is -0.474 e. The normalized spacial score (nSPS) is 14.8. The lowest BCUT2D eigenvalue weighted by molar-refractivity contribution is 0.0932. The molecule has 0 unspecified atom stereocenters. The molecular formula is C30H30N8O. The number of aliphatic imine (C=N–C) groups is 1. The first-order valence-corrected chi connectivity index (χ1v) is 13.1. The van der Waals surface area contributed by atoms with E-state index in [1.54, 1.807) is 31.9 Å². The number of rotatable bonds is 7. The van der Waals surface area contributed by atoms with Crippen LogP contribution in [0.25, 0.3) is 28.2 Å². The Morgan fingerprint density at radius 1 is 0.974 bits per heavy atom. The first-order chi connectivity index (χ1) is 19.2. The molecule has 2 N–H and O–H groups in total. The van der Waals surface area contributed by atoms with E-state index in [0.29, 0.717) is 11.7 Å². The van der Waals surface area contributed by atoms with Crippen molar-refractivity contribution in [2.75, 3.05) is 25.9 Å². The minimum atomic E-state index is 0.183. The van der Waals surface area contributed by atoms with Crippen LogP contribution in [0, 0.1) is 0 Å². The number of aromatic nitrogens is 5. The third-order valence-corrected chi connectivity index (χ3v) is 6.96. The Labute approximate surface area is 227 Å². The van der Waals surface area contributed by atoms with Crippen LogP contribution in [0.4, 0.5) is 5.82 Å². The van der Waals surface area contributed by atoms with Gasteiger partial charge in [-0.25, -0.2) is 19.9 Å². The Balaban J connectivity index is 1.13. The Bertz CT molecular complexity index is 1590. The maximum Gasteiger partial charge on any atom is 0.213 e. The second kappa shape index (κ2) is 11.0. The highest BCUT2D eigenvalue weighted by Gasteiger charge is 2.22. The Morgan fingerprint density at radius 3 is 2.51 bits per heavy atom. The zero-order chi connectivity index (χ0) is 26.6. The summed E-state index contributed by atoms with van der Waals surface area (Å²) in [7, 11) is 1.75. The van der Waals surface area contributed by atoms with Crippen molar-refractivity contribution >= 4 is 23.2 Å². The Hall–Kier alpha value is -4.63. The van der Waals surface area contributed by atoms with E-state index in [1.165, 1.54) is 5.56 Å². The van der Waals surface area contributed by atoms with Gasteiger partial charge in [0.2, 0.25) is 5.88 Å². The standard InChI is InChI=1S/C30H30N8O/c1-32-18-22-8-11-27(35-19-22)39-24-12-16-37(17-13-24)20-21-6-9-23(10-7-21)38-29(25-4-2-14-33-28(25)31)36-26-5-3-15-34-30(26)38/h2-11,14-15,18-19,24H,12-13,16-17,20H2,1H3,(H2,31,33). The average Bonchev–Trinajstić information content (AvgIpc) is 3.35. The van der Waals surface area contributed by atoms with Gasteiger partial charge in [0.15, 0.2) is 11.5 Å². The van der Waals surface area contributed by atoms with E-state index < -0.39 is 0 Å². The van der Waals surface area contributed by atoms with Gasteiger partial charge in [0.1, 0.15) is 17.4 Å². The van der Waals surface area contributed by atoms with Gasteiger partial charge in [0, 0.05) is 68.8 Å². The number of nitrogens with two attached hydrogens (primary N) is 1. The number of benzene rings is 1. The first kappa shape index (κ1) is 24.7. The van der Waals surface area contributed by atoms with Crippen LogP contribution >= 0.6 is 0 Å². The number of pyridine rings is 3. The molecule has 196 valence electrons. The quantitative estimate of drug-likeness (QED) is 0.315. The van der Waals surface area contributed by atoms with Gasteiger partial charge in [-0.05, 0) is 60.9 Å². The van der Waals surface area contributed by atoms with Gasteiger partial charge in [0.25, 0.3) is 0 Å². The molecule has 0 atom stereocenters. The van der Waals surface area contributed by atoms with E-state index >= 15 is 0 Å². The van der Waals surface area contributed by atoms with Crippen LogP contribution in [-0.4, -0.2) is 61.9 Å². The summed E-state index contributed by atoms with van der Waals surface area (Å²) in [5.41, 5.74) is 11.8. The summed E-state index contributed by atoms with van der Waals surface area (Å²) in [6, 6.07) is 20.1. The third-order valence-electron chi connectivity index (χ3n) is 6.96. The maximum absolute atomic E-state index is 6.21. The number of fused-ring (bicyclic) bond motifs is 1. The predicted molar refractivity (Wildman–Crippen MR) is 153 cm³/mol. The second-order valence-corrected chi connectivity index (χ2v) is 9.63. The van der Waals surface area contributed by atoms with Crippen LogP contribution in [-0.2, 0) is 6.54 Å². The van der Waals surface area contributed by atoms with E-state index in [4.69, 9.17) is 15.5 Å². The number of nitrogens with zero attached hydrogens (tertiary/aromatic N) is 7. The van der Waals surface area contributed by atoms with Crippen LogP contribution in [0.15, 0.2) is 84.2 Å². The molecule has 0 amide bonds. The average molecular weight is 519 g/mol. The summed E-state index contributed by atoms with van der Waals surface area (Å²) in [4.78, 5) is 24.6. The minimum absolute atomic E-state index is 0.183. The van der Waals surface area contributed by atoms with Gasteiger partial charge in [-0.2, -0.15) is 0 Å². The second-order valence-electron chi connectivity index (χ2n) is 9.63. The SMILES string of the molecule is CN=Cc1ccc(OC2CCN(Cc3ccc(-n4c(-c5cccnc5N)nc5cccnc54)cc3)CC2)nc1. The van der Waals surface area contributed by atoms with E-state index in [-0.39, 0.29) is 6.10 Å². The molecule has 0 bridgehead atoms. The predicted octanol–water partition coefficient (Wildman–Crippen LogP) is 4.55. The summed E-state index contributed by atoms with van der Waals surface area (Å²) in [5, 5.41) is 0. The molecular weight excluding hydrogens is 488 g/mol. The highest BCUT2D eigenvalue weighted by atomic mass is 16.5. The van der Waals surface area contributed by atoms with Crippen molar-refractivity contribution < 1.29 is 4.74 Å². The van der Waals surface area contributed by atoms with Gasteiger partial charge >= 0.3 is 0 Å². The molecule has 9 nitrogen and oxygen atoms in total. The van der Waals surface area contributed by atoms with Crippen molar-refractivity contribution in [3.05, 3.63) is 90.4 Å². The van der Waals surface area contributed by atoms with Crippen molar-refractivity contribution in [3.63, 3.8) is 0 Å². The number of anilines is 1. The fourth-order valence-corrected chi connectivity index (χ4v) is 5.00. The van der Waals surface area contributed by atoms with E-state index in [0.717, 1.165) is 66.3 Å². The van der Waals surface area contributed by atoms with E-state index in [9.17, 15) is 0 Å². The number of imidazole rings is 1. The van der Waals surface area contributed by atoms with Crippen molar-refractivity contribution in [1.82, 2.24) is 29.4 Å². The van der Waals surface area contributed by atoms with Crippen LogP contribution in [0.2, 0.25) is 0 Å². The fourth-order valence-electron chi connectivity index (χ4n) is 5.00. The summed E-state index contributed by atoms with van der Waals surface area (Å²) in [5.74, 6) is 1.84. The molecule has 9 heteroatoms. The topological polar surface area (TPSA) is 107 Å². The van der Waals surface area contributed by atoms with Gasteiger partial charge < -0.3 is 10.5 Å². The first-order valence-electron chi connectivity index (χ1n) is 13.1. The molecule has 0 aliphatic carbocycles. The Morgan fingerprint density at radius 2 is 1.77 bits per heavy atom. The largest absolute Gasteiger partial charge is 0.474 e. The molecule has 0 saturated carbocycles. The third kappa shape index (κ3) is 5.35. The van der Waals surface area contributed by atoms with E-state index in [1.807, 2.05) is 41.0 Å². The summed E-state index contributed by atoms with van der Waals surface area (Å²) in [6.07, 6.45) is 9.17. The van der Waals surface area contributed by atoms with Gasteiger partial charge in [0.05, 0.1) is 5.56 Å². The number of hydrogen-bond donors (Lipinski definition) is 1. The number of hydrogen-bond acceptors (Lipinski definition) is 8. The molecule has 5 heterocycles. The molecule has 4 aromatic heterocycles. The molecule has 1 saturated heterocycles. The molecule has 1 aliphatic heterocycles. The molecule has 1 aliphatic rings. The van der Waals surface area contributed by atoms with Crippen molar-refractivity contribution in [3.8, 4) is 23.0 Å². The van der Waals surface area contributed by atoms with Crippen LogP contribution in [0.3, 0.4) is 0 Å². The lowest BCUT2D eigenvalue weighted by Gasteiger charge is -2.31. The molecule has 5 aromatic rings. The van der Waals surface area contributed by atoms with Gasteiger partial charge in [-0.1, -0.05) is 12.1 Å². The number of ether oxygens (including phenoxy) is 1. The maximum atomic E-state index is 6.21. The van der Waals surface area contributed by atoms with Crippen LogP contribution in [0.1, 0.15) is 24.0 Å². The number of piperidine rings is 1. The smallest absolute Gasteiger partial charge is 0.213 e. The summed E-state index contributed by atoms with van der Waals surface area (Å²) in [6.45, 7) is 2.85. The fraction of sp³-hybridized carbons (Fsp3) is 0.233.